The molecule has 0 saturated heterocycles. The Morgan fingerprint density at radius 1 is 1.06 bits per heavy atom. The van der Waals surface area contributed by atoms with Crippen molar-refractivity contribution < 1.29 is 36.9 Å². The lowest BCUT2D eigenvalue weighted by Crippen LogP contribution is -2.32. The number of methoxy groups -OCH3 is 1. The third kappa shape index (κ3) is 8.42. The third-order valence-electron chi connectivity index (χ3n) is 3.66. The predicted octanol–water partition coefficient (Wildman–Crippen LogP) is 5.63. The van der Waals surface area contributed by atoms with E-state index in [-0.39, 0.29) is 17.7 Å². The number of alkyl halides is 3. The van der Waals surface area contributed by atoms with Gasteiger partial charge in [-0.25, -0.2) is 0 Å². The molecule has 2 rings (SSSR count). The highest BCUT2D eigenvalue weighted by molar-refractivity contribution is 8.75. The first-order valence-corrected chi connectivity index (χ1v) is 11.3. The minimum absolute atomic E-state index is 0.0992. The summed E-state index contributed by atoms with van der Waals surface area (Å²) in [5.41, 5.74) is -0.752. The lowest BCUT2D eigenvalue weighted by Gasteiger charge is -2.14. The maximum atomic E-state index is 12.6. The number of halogens is 3. The van der Waals surface area contributed by atoms with Crippen LogP contribution in [0.3, 0.4) is 0 Å². The van der Waals surface area contributed by atoms with Crippen LogP contribution < -0.4 is 14.2 Å². The van der Waals surface area contributed by atoms with Gasteiger partial charge in [0.25, 0.3) is 5.91 Å². The lowest BCUT2D eigenvalue weighted by atomic mass is 10.2. The van der Waals surface area contributed by atoms with Crippen molar-refractivity contribution in [3.05, 3.63) is 54.1 Å². The molecule has 0 spiro atoms. The normalized spacial score (nSPS) is 12.6. The standard InChI is InChI=1S/C20H21F3N2O5S2/c1-4-28-19(27-3)25-32-31-24-18(26)13(2)29-15-9-11-17(12-10-15)30-16-7-5-14(6-8-16)20(21,22)23/h5-13H,4H2,1-3H3,(H,24,26). The topological polar surface area (TPSA) is 78.4 Å². The van der Waals surface area contributed by atoms with Crippen LogP contribution in [0.25, 0.3) is 0 Å². The van der Waals surface area contributed by atoms with E-state index in [1.54, 1.807) is 38.1 Å². The van der Waals surface area contributed by atoms with E-state index in [1.807, 2.05) is 0 Å². The van der Waals surface area contributed by atoms with Crippen molar-refractivity contribution in [1.82, 2.24) is 4.72 Å². The monoisotopic (exact) mass is 490 g/mol. The average Bonchev–Trinajstić information content (AvgIpc) is 2.76. The van der Waals surface area contributed by atoms with Crippen LogP contribution in [0.2, 0.25) is 0 Å². The number of carbonyl (C=O) groups excluding carboxylic acids is 1. The van der Waals surface area contributed by atoms with E-state index in [9.17, 15) is 18.0 Å². The maximum absolute atomic E-state index is 12.6. The highest BCUT2D eigenvalue weighted by atomic mass is 33.1. The molecule has 0 bridgehead atoms. The van der Waals surface area contributed by atoms with E-state index >= 15 is 0 Å². The van der Waals surface area contributed by atoms with Crippen molar-refractivity contribution in [1.29, 1.82) is 0 Å². The third-order valence-corrected chi connectivity index (χ3v) is 4.94. The quantitative estimate of drug-likeness (QED) is 0.160. The molecule has 1 amide bonds. The zero-order valence-electron chi connectivity index (χ0n) is 17.3. The predicted molar refractivity (Wildman–Crippen MR) is 117 cm³/mol. The Labute approximate surface area is 191 Å². The molecule has 0 fully saturated rings. The van der Waals surface area contributed by atoms with Crippen LogP contribution in [-0.2, 0) is 20.4 Å². The number of amides is 1. The molecule has 32 heavy (non-hydrogen) atoms. The molecule has 0 aliphatic rings. The molecular formula is C20H21F3N2O5S2. The van der Waals surface area contributed by atoms with Gasteiger partial charge in [0.05, 0.1) is 30.3 Å². The molecule has 0 aliphatic heterocycles. The molecule has 0 saturated carbocycles. The van der Waals surface area contributed by atoms with Crippen LogP contribution in [0.5, 0.6) is 17.2 Å². The summed E-state index contributed by atoms with van der Waals surface area (Å²) in [4.78, 5) is 12.1. The number of hydrogen-bond donors (Lipinski definition) is 1. The first-order valence-electron chi connectivity index (χ1n) is 9.22. The molecule has 0 aromatic heterocycles. The van der Waals surface area contributed by atoms with Gasteiger partial charge in [0, 0.05) is 11.0 Å². The number of nitrogens with zero attached hydrogens (tertiary/aromatic N) is 1. The molecule has 174 valence electrons. The van der Waals surface area contributed by atoms with E-state index < -0.39 is 17.8 Å². The summed E-state index contributed by atoms with van der Waals surface area (Å²) >= 11 is 0. The van der Waals surface area contributed by atoms with Crippen LogP contribution in [0, 0.1) is 0 Å². The fourth-order valence-corrected chi connectivity index (χ4v) is 3.29. The van der Waals surface area contributed by atoms with Gasteiger partial charge < -0.3 is 18.9 Å². The summed E-state index contributed by atoms with van der Waals surface area (Å²) in [5.74, 6) is 0.708. The Morgan fingerprint density at radius 2 is 1.62 bits per heavy atom. The van der Waals surface area contributed by atoms with Crippen molar-refractivity contribution in [2.24, 2.45) is 4.40 Å². The number of nitrogens with one attached hydrogen (secondary N) is 1. The highest BCUT2D eigenvalue weighted by Gasteiger charge is 2.30. The molecule has 0 heterocycles. The number of rotatable bonds is 9. The fourth-order valence-electron chi connectivity index (χ4n) is 2.13. The van der Waals surface area contributed by atoms with Gasteiger partial charge in [0.1, 0.15) is 17.2 Å². The first kappa shape index (κ1) is 25.5. The Hall–Kier alpha value is -2.73. The summed E-state index contributed by atoms with van der Waals surface area (Å²) in [7, 11) is 3.37. The molecule has 0 radical (unpaired) electrons. The number of ether oxygens (including phenoxy) is 4. The van der Waals surface area contributed by atoms with Gasteiger partial charge in [-0.05, 0) is 62.4 Å². The van der Waals surface area contributed by atoms with Gasteiger partial charge in [-0.1, -0.05) is 0 Å². The second kappa shape index (κ2) is 12.3. The van der Waals surface area contributed by atoms with E-state index in [1.165, 1.54) is 19.2 Å². The summed E-state index contributed by atoms with van der Waals surface area (Å²) in [6.45, 7) is 3.78. The van der Waals surface area contributed by atoms with Crippen molar-refractivity contribution in [2.75, 3.05) is 13.7 Å². The number of hydrogen-bond acceptors (Lipinski definition) is 8. The minimum Gasteiger partial charge on any atom is -0.481 e. The SMILES string of the molecule is CCOC(=NSSNC(=O)C(C)Oc1ccc(Oc2ccc(C(F)(F)F)cc2)cc1)OC. The van der Waals surface area contributed by atoms with Gasteiger partial charge in [-0.15, -0.1) is 4.40 Å². The van der Waals surface area contributed by atoms with Crippen LogP contribution in [0.4, 0.5) is 13.2 Å². The molecular weight excluding hydrogens is 469 g/mol. The fraction of sp³-hybridized carbons (Fsp3) is 0.300. The Kier molecular flexibility index (Phi) is 9.85. The molecule has 1 unspecified atom stereocenters. The van der Waals surface area contributed by atoms with Crippen LogP contribution in [-0.4, -0.2) is 31.8 Å². The Balaban J connectivity index is 1.81. The molecule has 2 aromatic rings. The Bertz CT molecular complexity index is 894. The van der Waals surface area contributed by atoms with E-state index in [0.717, 1.165) is 34.1 Å². The summed E-state index contributed by atoms with van der Waals surface area (Å²) in [6.07, 6.45) is -5.09. The lowest BCUT2D eigenvalue weighted by molar-refractivity contribution is -0.137. The van der Waals surface area contributed by atoms with Gasteiger partial charge in [0.15, 0.2) is 6.10 Å². The van der Waals surface area contributed by atoms with Crippen molar-refractivity contribution in [3.8, 4) is 17.2 Å². The van der Waals surface area contributed by atoms with Crippen molar-refractivity contribution >= 4 is 34.0 Å². The smallest absolute Gasteiger partial charge is 0.416 e. The number of benzene rings is 2. The van der Waals surface area contributed by atoms with E-state index in [0.29, 0.717) is 18.1 Å². The molecule has 1 atom stereocenters. The summed E-state index contributed by atoms with van der Waals surface area (Å²) in [6, 6.07) is 10.7. The molecule has 1 N–H and O–H groups in total. The van der Waals surface area contributed by atoms with Gasteiger partial charge >= 0.3 is 12.3 Å². The number of carbonyl (C=O) groups is 1. The Morgan fingerprint density at radius 3 is 2.16 bits per heavy atom. The second-order valence-electron chi connectivity index (χ2n) is 5.97. The van der Waals surface area contributed by atoms with E-state index in [4.69, 9.17) is 18.9 Å². The molecule has 7 nitrogen and oxygen atoms in total. The van der Waals surface area contributed by atoms with E-state index in [2.05, 4.69) is 9.12 Å². The molecule has 2 aromatic carbocycles. The van der Waals surface area contributed by atoms with Crippen molar-refractivity contribution in [3.63, 3.8) is 0 Å². The van der Waals surface area contributed by atoms with Gasteiger partial charge in [0.2, 0.25) is 0 Å². The highest BCUT2D eigenvalue weighted by Crippen LogP contribution is 2.31. The summed E-state index contributed by atoms with van der Waals surface area (Å²) < 4.78 is 65.4. The van der Waals surface area contributed by atoms with Crippen molar-refractivity contribution in [2.45, 2.75) is 26.1 Å². The van der Waals surface area contributed by atoms with Gasteiger partial charge in [-0.2, -0.15) is 13.2 Å². The largest absolute Gasteiger partial charge is 0.481 e. The van der Waals surface area contributed by atoms with Gasteiger partial charge in [-0.3, -0.25) is 9.52 Å². The molecule has 0 aliphatic carbocycles. The molecule has 12 heteroatoms. The van der Waals surface area contributed by atoms with Crippen LogP contribution >= 0.6 is 22.0 Å². The second-order valence-corrected chi connectivity index (χ2v) is 7.62. The minimum atomic E-state index is -4.40. The first-order chi connectivity index (χ1) is 15.2. The summed E-state index contributed by atoms with van der Waals surface area (Å²) in [5, 5.41) is 0. The average molecular weight is 491 g/mol. The maximum Gasteiger partial charge on any atom is 0.416 e. The zero-order chi connectivity index (χ0) is 23.6. The van der Waals surface area contributed by atoms with Crippen LogP contribution in [0.1, 0.15) is 19.4 Å². The zero-order valence-corrected chi connectivity index (χ0v) is 19.0. The van der Waals surface area contributed by atoms with Crippen LogP contribution in [0.15, 0.2) is 52.9 Å².